The molecule has 128 valence electrons. The molecule has 0 saturated carbocycles. The van der Waals surface area contributed by atoms with Gasteiger partial charge in [-0.25, -0.2) is 8.42 Å². The van der Waals surface area contributed by atoms with Gasteiger partial charge in [-0.3, -0.25) is 14.9 Å². The predicted molar refractivity (Wildman–Crippen MR) is 85.3 cm³/mol. The number of nitro benzene ring substituents is 1. The molecule has 1 amide bonds. The Morgan fingerprint density at radius 3 is 2.62 bits per heavy atom. The van der Waals surface area contributed by atoms with Crippen LogP contribution in [-0.2, 0) is 21.2 Å². The average molecular weight is 353 g/mol. The molecule has 0 bridgehead atoms. The number of benzene rings is 1. The van der Waals surface area contributed by atoms with Crippen molar-refractivity contribution in [1.29, 1.82) is 0 Å². The Kier molecular flexibility index (Phi) is 5.19. The van der Waals surface area contributed by atoms with Crippen molar-refractivity contribution in [2.75, 3.05) is 18.1 Å². The number of rotatable bonds is 7. The fraction of sp³-hybridized carbons (Fsp3) is 0.214. The Morgan fingerprint density at radius 2 is 2.04 bits per heavy atom. The first-order valence-electron chi connectivity index (χ1n) is 6.79. The van der Waals surface area contributed by atoms with E-state index in [1.54, 1.807) is 12.1 Å². The second-order valence-electron chi connectivity index (χ2n) is 4.89. The van der Waals surface area contributed by atoms with E-state index >= 15 is 0 Å². The van der Waals surface area contributed by atoms with E-state index in [2.05, 4.69) is 10.6 Å². The molecule has 0 aliphatic carbocycles. The van der Waals surface area contributed by atoms with Crippen LogP contribution in [0.2, 0.25) is 0 Å². The topological polar surface area (TPSA) is 132 Å². The maximum atomic E-state index is 11.8. The number of nitrogens with zero attached hydrogens (tertiary/aromatic N) is 1. The SMILES string of the molecule is CS(=O)(=O)c1cccc(NCC(=O)NCc2ccco2)c1[N+](=O)[O-]. The zero-order valence-corrected chi connectivity index (χ0v) is 13.5. The molecule has 0 radical (unpaired) electrons. The summed E-state index contributed by atoms with van der Waals surface area (Å²) in [4.78, 5) is 21.8. The maximum Gasteiger partial charge on any atom is 0.310 e. The van der Waals surface area contributed by atoms with E-state index < -0.39 is 31.3 Å². The zero-order chi connectivity index (χ0) is 17.7. The number of nitrogens with one attached hydrogen (secondary N) is 2. The largest absolute Gasteiger partial charge is 0.467 e. The Morgan fingerprint density at radius 1 is 1.29 bits per heavy atom. The van der Waals surface area contributed by atoms with E-state index in [1.165, 1.54) is 18.4 Å². The van der Waals surface area contributed by atoms with Crippen molar-refractivity contribution in [3.63, 3.8) is 0 Å². The van der Waals surface area contributed by atoms with Crippen LogP contribution in [0.4, 0.5) is 11.4 Å². The number of nitro groups is 1. The summed E-state index contributed by atoms with van der Waals surface area (Å²) in [5.41, 5.74) is -0.630. The van der Waals surface area contributed by atoms with Crippen molar-refractivity contribution in [2.45, 2.75) is 11.4 Å². The molecule has 10 heteroatoms. The lowest BCUT2D eigenvalue weighted by molar-refractivity contribution is -0.386. The van der Waals surface area contributed by atoms with Crippen molar-refractivity contribution >= 4 is 27.1 Å². The normalized spacial score (nSPS) is 11.0. The van der Waals surface area contributed by atoms with Gasteiger partial charge in [-0.2, -0.15) is 0 Å². The fourth-order valence-electron chi connectivity index (χ4n) is 1.99. The smallest absolute Gasteiger partial charge is 0.310 e. The number of hydrogen-bond donors (Lipinski definition) is 2. The van der Waals surface area contributed by atoms with Gasteiger partial charge < -0.3 is 15.1 Å². The monoisotopic (exact) mass is 353 g/mol. The van der Waals surface area contributed by atoms with Gasteiger partial charge in [0.1, 0.15) is 16.3 Å². The van der Waals surface area contributed by atoms with Gasteiger partial charge in [0.2, 0.25) is 5.91 Å². The standard InChI is InChI=1S/C14H15N3O6S/c1-24(21,22)12-6-2-5-11(14(12)17(19)20)15-9-13(18)16-8-10-4-3-7-23-10/h2-7,15H,8-9H2,1H3,(H,16,18). The van der Waals surface area contributed by atoms with E-state index in [-0.39, 0.29) is 18.8 Å². The molecular formula is C14H15N3O6S. The van der Waals surface area contributed by atoms with Crippen LogP contribution in [0.3, 0.4) is 0 Å². The van der Waals surface area contributed by atoms with Gasteiger partial charge in [0.25, 0.3) is 0 Å². The molecule has 1 aromatic heterocycles. The number of sulfone groups is 1. The minimum absolute atomic E-state index is 0.0453. The summed E-state index contributed by atoms with van der Waals surface area (Å²) in [7, 11) is -3.77. The molecule has 0 saturated heterocycles. The molecule has 9 nitrogen and oxygen atoms in total. The van der Waals surface area contributed by atoms with Crippen LogP contribution >= 0.6 is 0 Å². The molecule has 0 fully saturated rings. The summed E-state index contributed by atoms with van der Waals surface area (Å²) >= 11 is 0. The van der Waals surface area contributed by atoms with E-state index in [4.69, 9.17) is 4.42 Å². The number of para-hydroxylation sites is 1. The fourth-order valence-corrected chi connectivity index (χ4v) is 2.85. The first-order chi connectivity index (χ1) is 11.3. The van der Waals surface area contributed by atoms with Crippen LogP contribution in [0.25, 0.3) is 0 Å². The molecule has 0 spiro atoms. The first kappa shape index (κ1) is 17.5. The third-order valence-electron chi connectivity index (χ3n) is 3.06. The molecule has 0 atom stereocenters. The molecule has 24 heavy (non-hydrogen) atoms. The van der Waals surface area contributed by atoms with Crippen molar-refractivity contribution in [3.05, 3.63) is 52.5 Å². The van der Waals surface area contributed by atoms with Gasteiger partial charge in [-0.1, -0.05) is 6.07 Å². The summed E-state index contributed by atoms with van der Waals surface area (Å²) in [5, 5.41) is 16.4. The zero-order valence-electron chi connectivity index (χ0n) is 12.7. The highest BCUT2D eigenvalue weighted by Crippen LogP contribution is 2.31. The third kappa shape index (κ3) is 4.32. The van der Waals surface area contributed by atoms with Crippen LogP contribution in [0.15, 0.2) is 45.9 Å². The summed E-state index contributed by atoms with van der Waals surface area (Å²) in [6.45, 7) is -0.0756. The molecule has 0 aliphatic rings. The number of carbonyl (C=O) groups is 1. The molecule has 0 aliphatic heterocycles. The molecule has 1 heterocycles. The predicted octanol–water partition coefficient (Wildman–Crippen LogP) is 1.32. The molecular weight excluding hydrogens is 338 g/mol. The Bertz CT molecular complexity index is 845. The summed E-state index contributed by atoms with van der Waals surface area (Å²) in [6, 6.07) is 7.22. The van der Waals surface area contributed by atoms with Gasteiger partial charge >= 0.3 is 5.69 Å². The summed E-state index contributed by atoms with van der Waals surface area (Å²) < 4.78 is 28.4. The minimum Gasteiger partial charge on any atom is -0.467 e. The second kappa shape index (κ2) is 7.13. The number of anilines is 1. The lowest BCUT2D eigenvalue weighted by Crippen LogP contribution is -2.29. The number of carbonyl (C=O) groups excluding carboxylic acids is 1. The van der Waals surface area contributed by atoms with Gasteiger partial charge in [-0.15, -0.1) is 0 Å². The lowest BCUT2D eigenvalue weighted by atomic mass is 10.2. The summed E-state index contributed by atoms with van der Waals surface area (Å²) in [5.74, 6) is 0.138. The minimum atomic E-state index is -3.77. The van der Waals surface area contributed by atoms with Crippen molar-refractivity contribution < 1.29 is 22.6 Å². The highest BCUT2D eigenvalue weighted by Gasteiger charge is 2.26. The number of hydrogen-bond acceptors (Lipinski definition) is 7. The van der Waals surface area contributed by atoms with Gasteiger partial charge in [0.05, 0.1) is 24.3 Å². The van der Waals surface area contributed by atoms with Crippen LogP contribution in [0.1, 0.15) is 5.76 Å². The van der Waals surface area contributed by atoms with E-state index in [0.717, 1.165) is 12.3 Å². The number of furan rings is 1. The third-order valence-corrected chi connectivity index (χ3v) is 4.19. The Balaban J connectivity index is 2.09. The summed E-state index contributed by atoms with van der Waals surface area (Å²) in [6.07, 6.45) is 2.36. The average Bonchev–Trinajstić information content (AvgIpc) is 3.02. The number of amides is 1. The van der Waals surface area contributed by atoms with Gasteiger partial charge in [-0.05, 0) is 24.3 Å². The highest BCUT2D eigenvalue weighted by atomic mass is 32.2. The highest BCUT2D eigenvalue weighted by molar-refractivity contribution is 7.90. The van der Waals surface area contributed by atoms with E-state index in [0.29, 0.717) is 5.76 Å². The first-order valence-corrected chi connectivity index (χ1v) is 8.68. The van der Waals surface area contributed by atoms with Crippen LogP contribution in [0.5, 0.6) is 0 Å². The maximum absolute atomic E-state index is 11.8. The van der Waals surface area contributed by atoms with Crippen LogP contribution in [0, 0.1) is 10.1 Å². The van der Waals surface area contributed by atoms with Crippen molar-refractivity contribution in [3.8, 4) is 0 Å². The van der Waals surface area contributed by atoms with Crippen molar-refractivity contribution in [2.24, 2.45) is 0 Å². The molecule has 2 N–H and O–H groups in total. The van der Waals surface area contributed by atoms with Crippen molar-refractivity contribution in [1.82, 2.24) is 5.32 Å². The van der Waals surface area contributed by atoms with E-state index in [9.17, 15) is 23.3 Å². The second-order valence-corrected chi connectivity index (χ2v) is 6.88. The lowest BCUT2D eigenvalue weighted by Gasteiger charge is -2.09. The Hall–Kier alpha value is -2.88. The molecule has 2 aromatic rings. The Labute approximate surface area is 137 Å². The molecule has 2 rings (SSSR count). The quantitative estimate of drug-likeness (QED) is 0.567. The van der Waals surface area contributed by atoms with Crippen LogP contribution < -0.4 is 10.6 Å². The van der Waals surface area contributed by atoms with E-state index in [1.807, 2.05) is 0 Å². The van der Waals surface area contributed by atoms with Gasteiger partial charge in [0, 0.05) is 6.26 Å². The molecule has 1 aromatic carbocycles. The van der Waals surface area contributed by atoms with Gasteiger partial charge in [0.15, 0.2) is 9.84 Å². The molecule has 0 unspecified atom stereocenters. The van der Waals surface area contributed by atoms with Crippen LogP contribution in [-0.4, -0.2) is 32.0 Å².